The molecule has 2 nitrogen and oxygen atoms in total. The van der Waals surface area contributed by atoms with Crippen molar-refractivity contribution < 1.29 is 9.18 Å². The van der Waals surface area contributed by atoms with Crippen LogP contribution in [0.5, 0.6) is 0 Å². The molecule has 0 radical (unpaired) electrons. The van der Waals surface area contributed by atoms with Gasteiger partial charge in [0.25, 0.3) is 0 Å². The first-order valence-corrected chi connectivity index (χ1v) is 4.90. The van der Waals surface area contributed by atoms with Crippen LogP contribution in [-0.4, -0.2) is 10.8 Å². The lowest BCUT2D eigenvalue weighted by molar-refractivity contribution is 0.103. The zero-order chi connectivity index (χ0) is 11.5. The normalized spacial score (nSPS) is 10.1. The van der Waals surface area contributed by atoms with Crippen molar-refractivity contribution in [3.63, 3.8) is 0 Å². The number of aromatic nitrogens is 1. The predicted octanol–water partition coefficient (Wildman–Crippen LogP) is 2.76. The van der Waals surface area contributed by atoms with Crippen LogP contribution in [0.2, 0.25) is 0 Å². The third-order valence-electron chi connectivity index (χ3n) is 2.44. The number of rotatable bonds is 2. The average molecular weight is 215 g/mol. The number of ketones is 1. The molecule has 1 heterocycles. The zero-order valence-corrected chi connectivity index (χ0v) is 8.77. The van der Waals surface area contributed by atoms with Crippen molar-refractivity contribution >= 4 is 5.78 Å². The van der Waals surface area contributed by atoms with Gasteiger partial charge in [-0.25, -0.2) is 4.39 Å². The second-order valence-electron chi connectivity index (χ2n) is 3.48. The molecule has 0 aliphatic rings. The quantitative estimate of drug-likeness (QED) is 0.721. The summed E-state index contributed by atoms with van der Waals surface area (Å²) in [7, 11) is 0. The first-order valence-electron chi connectivity index (χ1n) is 4.90. The van der Waals surface area contributed by atoms with Crippen LogP contribution >= 0.6 is 0 Å². The second kappa shape index (κ2) is 4.23. The monoisotopic (exact) mass is 215 g/mol. The van der Waals surface area contributed by atoms with E-state index in [1.54, 1.807) is 31.3 Å². The van der Waals surface area contributed by atoms with E-state index in [0.717, 1.165) is 0 Å². The van der Waals surface area contributed by atoms with Gasteiger partial charge >= 0.3 is 0 Å². The first-order chi connectivity index (χ1) is 7.70. The Kier molecular flexibility index (Phi) is 2.77. The van der Waals surface area contributed by atoms with E-state index in [-0.39, 0.29) is 11.6 Å². The Labute approximate surface area is 92.8 Å². The lowest BCUT2D eigenvalue weighted by Crippen LogP contribution is -2.05. The van der Waals surface area contributed by atoms with E-state index in [1.807, 2.05) is 0 Å². The van der Waals surface area contributed by atoms with Crippen LogP contribution in [-0.2, 0) is 0 Å². The Balaban J connectivity index is 2.46. The van der Waals surface area contributed by atoms with Gasteiger partial charge in [0.1, 0.15) is 5.82 Å². The van der Waals surface area contributed by atoms with Crippen LogP contribution in [0.3, 0.4) is 0 Å². The maximum absolute atomic E-state index is 13.3. The molecule has 2 aromatic rings. The van der Waals surface area contributed by atoms with E-state index in [9.17, 15) is 9.18 Å². The van der Waals surface area contributed by atoms with E-state index in [2.05, 4.69) is 4.98 Å². The van der Waals surface area contributed by atoms with Gasteiger partial charge in [-0.2, -0.15) is 0 Å². The molecule has 0 saturated heterocycles. The Morgan fingerprint density at radius 1 is 1.25 bits per heavy atom. The summed E-state index contributed by atoms with van der Waals surface area (Å²) in [6, 6.07) is 7.84. The SMILES string of the molecule is Cc1c(F)cccc1C(=O)c1cccnc1. The Bertz CT molecular complexity index is 523. The van der Waals surface area contributed by atoms with Crippen LogP contribution in [0, 0.1) is 12.7 Å². The molecule has 0 fully saturated rings. The van der Waals surface area contributed by atoms with E-state index >= 15 is 0 Å². The fraction of sp³-hybridized carbons (Fsp3) is 0.0769. The number of pyridine rings is 1. The molecule has 2 rings (SSSR count). The predicted molar refractivity (Wildman–Crippen MR) is 58.8 cm³/mol. The van der Waals surface area contributed by atoms with Gasteiger partial charge in [-0.15, -0.1) is 0 Å². The lowest BCUT2D eigenvalue weighted by Gasteiger charge is -2.05. The smallest absolute Gasteiger partial charge is 0.194 e. The summed E-state index contributed by atoms with van der Waals surface area (Å²) < 4.78 is 13.3. The van der Waals surface area contributed by atoms with E-state index in [0.29, 0.717) is 16.7 Å². The Hall–Kier alpha value is -2.03. The maximum Gasteiger partial charge on any atom is 0.194 e. The van der Waals surface area contributed by atoms with Crippen molar-refractivity contribution in [1.29, 1.82) is 0 Å². The molecular formula is C13H10FNO. The molecule has 0 aliphatic heterocycles. The molecule has 0 aliphatic carbocycles. The molecule has 1 aromatic carbocycles. The zero-order valence-electron chi connectivity index (χ0n) is 8.77. The van der Waals surface area contributed by atoms with Crippen LogP contribution in [0.1, 0.15) is 21.5 Å². The fourth-order valence-corrected chi connectivity index (χ4v) is 1.51. The number of halogens is 1. The number of nitrogens with zero attached hydrogens (tertiary/aromatic N) is 1. The topological polar surface area (TPSA) is 30.0 Å². The van der Waals surface area contributed by atoms with Gasteiger partial charge < -0.3 is 0 Å². The summed E-state index contributed by atoms with van der Waals surface area (Å²) in [6.45, 7) is 1.60. The molecule has 1 aromatic heterocycles. The molecule has 0 atom stereocenters. The minimum atomic E-state index is -0.366. The number of hydrogen-bond donors (Lipinski definition) is 0. The molecule has 0 amide bonds. The second-order valence-corrected chi connectivity index (χ2v) is 3.48. The summed E-state index contributed by atoms with van der Waals surface area (Å²) in [5.74, 6) is -0.570. The number of hydrogen-bond acceptors (Lipinski definition) is 2. The van der Waals surface area contributed by atoms with Crippen molar-refractivity contribution in [2.24, 2.45) is 0 Å². The third kappa shape index (κ3) is 1.84. The molecule has 0 N–H and O–H groups in total. The lowest BCUT2D eigenvalue weighted by atomic mass is 10.00. The summed E-state index contributed by atoms with van der Waals surface area (Å²) in [5, 5.41) is 0. The molecule has 0 saturated carbocycles. The van der Waals surface area contributed by atoms with Gasteiger partial charge in [0.05, 0.1) is 0 Å². The number of benzene rings is 1. The van der Waals surface area contributed by atoms with Gasteiger partial charge in [-0.05, 0) is 30.7 Å². The molecule has 0 bridgehead atoms. The van der Waals surface area contributed by atoms with Crippen LogP contribution in [0.15, 0.2) is 42.7 Å². The fourth-order valence-electron chi connectivity index (χ4n) is 1.51. The summed E-state index contributed by atoms with van der Waals surface area (Å²) in [4.78, 5) is 15.9. The Morgan fingerprint density at radius 2 is 2.06 bits per heavy atom. The van der Waals surface area contributed by atoms with Crippen molar-refractivity contribution in [2.45, 2.75) is 6.92 Å². The molecule has 3 heteroatoms. The highest BCUT2D eigenvalue weighted by molar-refractivity contribution is 6.09. The first kappa shape index (κ1) is 10.5. The largest absolute Gasteiger partial charge is 0.289 e. The Morgan fingerprint density at radius 3 is 2.75 bits per heavy atom. The highest BCUT2D eigenvalue weighted by Gasteiger charge is 2.13. The van der Waals surface area contributed by atoms with Crippen LogP contribution < -0.4 is 0 Å². The average Bonchev–Trinajstić information content (AvgIpc) is 2.33. The summed E-state index contributed by atoms with van der Waals surface area (Å²) in [5.41, 5.74) is 1.22. The van der Waals surface area contributed by atoms with Gasteiger partial charge in [0.2, 0.25) is 0 Å². The summed E-state index contributed by atoms with van der Waals surface area (Å²) in [6.07, 6.45) is 3.07. The molecule has 0 unspecified atom stereocenters. The molecule has 80 valence electrons. The van der Waals surface area contributed by atoms with Crippen molar-refractivity contribution in [2.75, 3.05) is 0 Å². The maximum atomic E-state index is 13.3. The molecular weight excluding hydrogens is 205 g/mol. The van der Waals surface area contributed by atoms with Crippen LogP contribution in [0.4, 0.5) is 4.39 Å². The van der Waals surface area contributed by atoms with Gasteiger partial charge in [0, 0.05) is 23.5 Å². The van der Waals surface area contributed by atoms with Gasteiger partial charge in [-0.1, -0.05) is 12.1 Å². The number of carbonyl (C=O) groups is 1. The molecule has 0 spiro atoms. The van der Waals surface area contributed by atoms with Crippen molar-refractivity contribution in [3.05, 3.63) is 65.2 Å². The standard InChI is InChI=1S/C13H10FNO/c1-9-11(5-2-6-12(9)14)13(16)10-4-3-7-15-8-10/h2-8H,1H3. The van der Waals surface area contributed by atoms with Crippen molar-refractivity contribution in [3.8, 4) is 0 Å². The van der Waals surface area contributed by atoms with Gasteiger partial charge in [-0.3, -0.25) is 9.78 Å². The van der Waals surface area contributed by atoms with Crippen molar-refractivity contribution in [1.82, 2.24) is 4.98 Å². The highest BCUT2D eigenvalue weighted by Crippen LogP contribution is 2.15. The van der Waals surface area contributed by atoms with Gasteiger partial charge in [0.15, 0.2) is 5.78 Å². The summed E-state index contributed by atoms with van der Waals surface area (Å²) >= 11 is 0. The highest BCUT2D eigenvalue weighted by atomic mass is 19.1. The minimum absolute atomic E-state index is 0.204. The van der Waals surface area contributed by atoms with Crippen LogP contribution in [0.25, 0.3) is 0 Å². The molecule has 16 heavy (non-hydrogen) atoms. The number of carbonyl (C=O) groups excluding carboxylic acids is 1. The minimum Gasteiger partial charge on any atom is -0.289 e. The third-order valence-corrected chi connectivity index (χ3v) is 2.44. The van der Waals surface area contributed by atoms with E-state index in [1.165, 1.54) is 18.3 Å². The van der Waals surface area contributed by atoms with E-state index in [4.69, 9.17) is 0 Å². The van der Waals surface area contributed by atoms with E-state index < -0.39 is 0 Å².